The van der Waals surface area contributed by atoms with Crippen molar-refractivity contribution in [2.24, 2.45) is 0 Å². The molecule has 7 nitrogen and oxygen atoms in total. The molecule has 0 saturated carbocycles. The van der Waals surface area contributed by atoms with E-state index in [-0.39, 0.29) is 12.5 Å². The van der Waals surface area contributed by atoms with E-state index < -0.39 is 5.97 Å². The number of aromatic nitrogens is 3. The van der Waals surface area contributed by atoms with E-state index in [0.717, 1.165) is 16.8 Å². The average Bonchev–Trinajstić information content (AvgIpc) is 2.67. The minimum Gasteiger partial charge on any atom is -0.480 e. The summed E-state index contributed by atoms with van der Waals surface area (Å²) in [5.41, 5.74) is 3.97. The van der Waals surface area contributed by atoms with Crippen LogP contribution in [0.3, 0.4) is 0 Å². The number of halogens is 1. The highest BCUT2D eigenvalue weighted by Crippen LogP contribution is 2.30. The molecule has 2 heterocycles. The number of carboxylic acids is 1. The molecule has 0 bridgehead atoms. The summed E-state index contributed by atoms with van der Waals surface area (Å²) in [6, 6.07) is 11.0. The number of aliphatic carboxylic acids is 1. The van der Waals surface area contributed by atoms with Gasteiger partial charge in [0, 0.05) is 23.0 Å². The van der Waals surface area contributed by atoms with E-state index >= 15 is 0 Å². The van der Waals surface area contributed by atoms with Crippen LogP contribution in [0.4, 0.5) is 17.5 Å². The minimum absolute atomic E-state index is 0.195. The van der Waals surface area contributed by atoms with Crippen molar-refractivity contribution in [1.82, 2.24) is 15.0 Å². The van der Waals surface area contributed by atoms with E-state index in [1.165, 1.54) is 0 Å². The van der Waals surface area contributed by atoms with E-state index in [9.17, 15) is 4.79 Å². The first-order valence-corrected chi connectivity index (χ1v) is 8.60. The molecule has 2 aromatic heterocycles. The average molecular weight is 384 g/mol. The lowest BCUT2D eigenvalue weighted by Gasteiger charge is -2.15. The Morgan fingerprint density at radius 2 is 1.96 bits per heavy atom. The van der Waals surface area contributed by atoms with Gasteiger partial charge in [-0.1, -0.05) is 23.7 Å². The fourth-order valence-electron chi connectivity index (χ4n) is 2.53. The molecule has 0 aliphatic rings. The van der Waals surface area contributed by atoms with Gasteiger partial charge in [-0.25, -0.2) is 4.98 Å². The van der Waals surface area contributed by atoms with Gasteiger partial charge in [-0.15, -0.1) is 0 Å². The quantitative estimate of drug-likeness (QED) is 0.590. The zero-order chi connectivity index (χ0) is 19.4. The largest absolute Gasteiger partial charge is 0.480 e. The summed E-state index contributed by atoms with van der Waals surface area (Å²) >= 11 is 6.23. The first-order chi connectivity index (χ1) is 12.9. The van der Waals surface area contributed by atoms with Gasteiger partial charge in [0.05, 0.1) is 11.4 Å². The molecule has 0 saturated heterocycles. The molecular weight excluding hydrogens is 366 g/mol. The molecule has 0 spiro atoms. The van der Waals surface area contributed by atoms with Crippen molar-refractivity contribution in [3.05, 3.63) is 58.7 Å². The molecule has 0 radical (unpaired) electrons. The number of anilines is 3. The molecule has 138 valence electrons. The van der Waals surface area contributed by atoms with Crippen LogP contribution in [-0.2, 0) is 4.79 Å². The highest BCUT2D eigenvalue weighted by Gasteiger charge is 2.12. The van der Waals surface area contributed by atoms with Crippen molar-refractivity contribution in [2.45, 2.75) is 13.8 Å². The zero-order valence-electron chi connectivity index (χ0n) is 14.8. The van der Waals surface area contributed by atoms with Crippen LogP contribution in [0.25, 0.3) is 11.4 Å². The summed E-state index contributed by atoms with van der Waals surface area (Å²) in [5.74, 6) is -0.301. The van der Waals surface area contributed by atoms with Crippen LogP contribution < -0.4 is 10.6 Å². The second-order valence-corrected chi connectivity index (χ2v) is 6.32. The lowest BCUT2D eigenvalue weighted by atomic mass is 10.1. The standard InChI is InChI=1S/C19H18ClN5O2/c1-11-6-7-13(20)12(2)18(11)24-16-9-15(14-5-3-4-8-21-14)23-19(25-16)22-10-17(26)27/h3-9H,10H2,1-2H3,(H,26,27)(H2,22,23,24,25). The normalized spacial score (nSPS) is 10.5. The Morgan fingerprint density at radius 3 is 2.67 bits per heavy atom. The Bertz CT molecular complexity index is 979. The molecule has 0 unspecified atom stereocenters. The van der Waals surface area contributed by atoms with Gasteiger partial charge >= 0.3 is 5.97 Å². The van der Waals surface area contributed by atoms with E-state index in [1.54, 1.807) is 12.3 Å². The lowest BCUT2D eigenvalue weighted by molar-refractivity contribution is -0.134. The molecule has 0 aliphatic carbocycles. The summed E-state index contributed by atoms with van der Waals surface area (Å²) in [4.78, 5) is 23.9. The highest BCUT2D eigenvalue weighted by atomic mass is 35.5. The molecule has 3 rings (SSSR count). The summed E-state index contributed by atoms with van der Waals surface area (Å²) in [5, 5.41) is 15.5. The molecule has 27 heavy (non-hydrogen) atoms. The van der Waals surface area contributed by atoms with Gasteiger partial charge in [0.15, 0.2) is 0 Å². The van der Waals surface area contributed by atoms with Gasteiger partial charge in [-0.05, 0) is 43.2 Å². The summed E-state index contributed by atoms with van der Waals surface area (Å²) < 4.78 is 0. The molecular formula is C19H18ClN5O2. The van der Waals surface area contributed by atoms with Crippen molar-refractivity contribution < 1.29 is 9.90 Å². The first-order valence-electron chi connectivity index (χ1n) is 8.23. The molecule has 0 atom stereocenters. The van der Waals surface area contributed by atoms with Crippen molar-refractivity contribution in [3.63, 3.8) is 0 Å². The van der Waals surface area contributed by atoms with Gasteiger partial charge in [0.1, 0.15) is 12.4 Å². The number of hydrogen-bond acceptors (Lipinski definition) is 6. The SMILES string of the molecule is Cc1ccc(Cl)c(C)c1Nc1cc(-c2ccccn2)nc(NCC(=O)O)n1. The third kappa shape index (κ3) is 4.51. The monoisotopic (exact) mass is 383 g/mol. The Balaban J connectivity index is 2.02. The fourth-order valence-corrected chi connectivity index (χ4v) is 2.69. The Hall–Kier alpha value is -3.19. The molecule has 3 aromatic rings. The van der Waals surface area contributed by atoms with Crippen LogP contribution in [0.2, 0.25) is 5.02 Å². The molecule has 0 amide bonds. The van der Waals surface area contributed by atoms with Gasteiger partial charge in [-0.2, -0.15) is 4.98 Å². The van der Waals surface area contributed by atoms with Gasteiger partial charge in [0.2, 0.25) is 5.95 Å². The predicted octanol–water partition coefficient (Wildman–Crippen LogP) is 4.05. The summed E-state index contributed by atoms with van der Waals surface area (Å²) in [6.07, 6.45) is 1.67. The maximum Gasteiger partial charge on any atom is 0.322 e. The topological polar surface area (TPSA) is 100 Å². The molecule has 0 fully saturated rings. The number of nitrogens with one attached hydrogen (secondary N) is 2. The van der Waals surface area contributed by atoms with E-state index in [0.29, 0.717) is 22.2 Å². The zero-order valence-corrected chi connectivity index (χ0v) is 15.6. The number of benzene rings is 1. The third-order valence-corrected chi connectivity index (χ3v) is 4.32. The van der Waals surface area contributed by atoms with Gasteiger partial charge in [-0.3, -0.25) is 9.78 Å². The number of carbonyl (C=O) groups is 1. The smallest absolute Gasteiger partial charge is 0.322 e. The maximum atomic E-state index is 10.9. The van der Waals surface area contributed by atoms with Crippen LogP contribution in [0, 0.1) is 13.8 Å². The van der Waals surface area contributed by atoms with Crippen LogP contribution in [0.1, 0.15) is 11.1 Å². The van der Waals surface area contributed by atoms with Crippen molar-refractivity contribution in [1.29, 1.82) is 0 Å². The van der Waals surface area contributed by atoms with E-state index in [1.807, 2.05) is 44.2 Å². The van der Waals surface area contributed by atoms with Gasteiger partial charge < -0.3 is 15.7 Å². The third-order valence-electron chi connectivity index (χ3n) is 3.91. The Labute approximate surface area is 161 Å². The maximum absolute atomic E-state index is 10.9. The number of rotatable bonds is 6. The second kappa shape index (κ2) is 8.01. The minimum atomic E-state index is -1.00. The number of pyridine rings is 1. The van der Waals surface area contributed by atoms with Crippen molar-refractivity contribution in [3.8, 4) is 11.4 Å². The van der Waals surface area contributed by atoms with Crippen LogP contribution in [0.15, 0.2) is 42.6 Å². The Kier molecular flexibility index (Phi) is 5.52. The highest BCUT2D eigenvalue weighted by molar-refractivity contribution is 6.31. The van der Waals surface area contributed by atoms with E-state index in [2.05, 4.69) is 25.6 Å². The summed E-state index contributed by atoms with van der Waals surface area (Å²) in [6.45, 7) is 3.60. The number of hydrogen-bond donors (Lipinski definition) is 3. The van der Waals surface area contributed by atoms with Crippen molar-refractivity contribution >= 4 is 35.0 Å². The second-order valence-electron chi connectivity index (χ2n) is 5.91. The first kappa shape index (κ1) is 18.6. The molecule has 8 heteroatoms. The number of carboxylic acid groups (broad SMARTS) is 1. The van der Waals surface area contributed by atoms with E-state index in [4.69, 9.17) is 16.7 Å². The molecule has 0 aliphatic heterocycles. The predicted molar refractivity (Wildman–Crippen MR) is 106 cm³/mol. The van der Waals surface area contributed by atoms with Crippen LogP contribution in [-0.4, -0.2) is 32.6 Å². The number of aryl methyl sites for hydroxylation is 1. The summed E-state index contributed by atoms with van der Waals surface area (Å²) in [7, 11) is 0. The van der Waals surface area contributed by atoms with Crippen LogP contribution >= 0.6 is 11.6 Å². The van der Waals surface area contributed by atoms with Gasteiger partial charge in [0.25, 0.3) is 0 Å². The lowest BCUT2D eigenvalue weighted by Crippen LogP contribution is -2.15. The van der Waals surface area contributed by atoms with Crippen molar-refractivity contribution in [2.75, 3.05) is 17.2 Å². The molecule has 3 N–H and O–H groups in total. The fraction of sp³-hybridized carbons (Fsp3) is 0.158. The Morgan fingerprint density at radius 1 is 1.15 bits per heavy atom. The van der Waals surface area contributed by atoms with Crippen LogP contribution in [0.5, 0.6) is 0 Å². The molecule has 1 aromatic carbocycles. The number of nitrogens with zero attached hydrogens (tertiary/aromatic N) is 3.